The second-order valence-electron chi connectivity index (χ2n) is 5.31. The van der Waals surface area contributed by atoms with Gasteiger partial charge in [-0.25, -0.2) is 0 Å². The van der Waals surface area contributed by atoms with Gasteiger partial charge in [0.1, 0.15) is 0 Å². The van der Waals surface area contributed by atoms with Crippen molar-refractivity contribution in [1.82, 2.24) is 4.90 Å². The molecule has 0 aromatic carbocycles. The Morgan fingerprint density at radius 1 is 1.44 bits per heavy atom. The van der Waals surface area contributed by atoms with E-state index in [4.69, 9.17) is 4.74 Å². The second-order valence-corrected chi connectivity index (χ2v) is 6.91. The molecule has 102 valence electrons. The highest BCUT2D eigenvalue weighted by Crippen LogP contribution is 2.33. The van der Waals surface area contributed by atoms with Crippen LogP contribution in [0.15, 0.2) is 17.5 Å². The number of hydrogen-bond donors (Lipinski definition) is 0. The summed E-state index contributed by atoms with van der Waals surface area (Å²) in [6.45, 7) is 4.16. The van der Waals surface area contributed by atoms with Crippen molar-refractivity contribution in [1.29, 1.82) is 0 Å². The normalized spacial score (nSPS) is 19.3. The van der Waals surface area contributed by atoms with Gasteiger partial charge in [-0.15, -0.1) is 11.3 Å². The summed E-state index contributed by atoms with van der Waals surface area (Å²) in [5.74, 6) is 0. The van der Waals surface area contributed by atoms with Gasteiger partial charge in [0.2, 0.25) is 0 Å². The fourth-order valence-electron chi connectivity index (χ4n) is 2.55. The van der Waals surface area contributed by atoms with Crippen molar-refractivity contribution < 1.29 is 4.74 Å². The lowest BCUT2D eigenvalue weighted by atomic mass is 9.82. The molecule has 0 N–H and O–H groups in total. The predicted octanol–water partition coefficient (Wildman–Crippen LogP) is 3.41. The molecule has 0 amide bonds. The van der Waals surface area contributed by atoms with E-state index in [0.717, 1.165) is 25.1 Å². The van der Waals surface area contributed by atoms with Crippen LogP contribution in [0.2, 0.25) is 0 Å². The van der Waals surface area contributed by atoms with E-state index in [1.165, 1.54) is 30.7 Å². The Morgan fingerprint density at radius 2 is 2.22 bits per heavy atom. The van der Waals surface area contributed by atoms with Gasteiger partial charge < -0.3 is 9.64 Å². The molecule has 0 aliphatic carbocycles. The smallest absolute Gasteiger partial charge is 0.0472 e. The van der Waals surface area contributed by atoms with Crippen LogP contribution in [0.1, 0.15) is 17.7 Å². The highest BCUT2D eigenvalue weighted by atomic mass is 79.9. The van der Waals surface area contributed by atoms with Crippen LogP contribution in [-0.4, -0.2) is 43.6 Å². The first kappa shape index (κ1) is 14.5. The third-order valence-electron chi connectivity index (χ3n) is 3.76. The minimum atomic E-state index is 0.419. The Bertz CT molecular complexity index is 336. The molecule has 0 atom stereocenters. The molecule has 1 aliphatic heterocycles. The highest BCUT2D eigenvalue weighted by molar-refractivity contribution is 9.09. The standard InChI is InChI=1S/C14H22BrNOS/c1-16(7-4-13-3-2-10-18-13)12-14(11-15)5-8-17-9-6-14/h2-3,10H,4-9,11-12H2,1H3. The molecule has 4 heteroatoms. The van der Waals surface area contributed by atoms with Crippen LogP contribution >= 0.6 is 27.3 Å². The molecule has 1 aromatic heterocycles. The first-order valence-corrected chi connectivity index (χ1v) is 8.59. The number of hydrogen-bond acceptors (Lipinski definition) is 3. The van der Waals surface area contributed by atoms with Crippen LogP contribution in [-0.2, 0) is 11.2 Å². The molecule has 1 aromatic rings. The SMILES string of the molecule is CN(CCc1cccs1)CC1(CBr)CCOCC1. The van der Waals surface area contributed by atoms with Crippen LogP contribution < -0.4 is 0 Å². The van der Waals surface area contributed by atoms with Crippen molar-refractivity contribution in [2.45, 2.75) is 19.3 Å². The third kappa shape index (κ3) is 4.05. The molecule has 1 saturated heterocycles. The minimum Gasteiger partial charge on any atom is -0.381 e. The Balaban J connectivity index is 1.79. The van der Waals surface area contributed by atoms with Gasteiger partial charge in [0.05, 0.1) is 0 Å². The summed E-state index contributed by atoms with van der Waals surface area (Å²) < 4.78 is 5.49. The monoisotopic (exact) mass is 331 g/mol. The molecule has 1 fully saturated rings. The lowest BCUT2D eigenvalue weighted by Crippen LogP contribution is -2.41. The van der Waals surface area contributed by atoms with Gasteiger partial charge in [-0.05, 0) is 43.2 Å². The molecule has 2 heterocycles. The summed E-state index contributed by atoms with van der Waals surface area (Å²) in [5.41, 5.74) is 0.419. The van der Waals surface area contributed by atoms with E-state index in [1.54, 1.807) is 0 Å². The average Bonchev–Trinajstić information content (AvgIpc) is 2.91. The van der Waals surface area contributed by atoms with E-state index >= 15 is 0 Å². The van der Waals surface area contributed by atoms with E-state index in [9.17, 15) is 0 Å². The molecule has 0 unspecified atom stereocenters. The van der Waals surface area contributed by atoms with E-state index < -0.39 is 0 Å². The van der Waals surface area contributed by atoms with Gasteiger partial charge in [0.15, 0.2) is 0 Å². The molecule has 0 spiro atoms. The lowest BCUT2D eigenvalue weighted by Gasteiger charge is -2.38. The van der Waals surface area contributed by atoms with E-state index in [0.29, 0.717) is 5.41 Å². The van der Waals surface area contributed by atoms with E-state index in [2.05, 4.69) is 45.4 Å². The highest BCUT2D eigenvalue weighted by Gasteiger charge is 2.32. The summed E-state index contributed by atoms with van der Waals surface area (Å²) in [4.78, 5) is 3.97. The number of halogens is 1. The molecule has 2 nitrogen and oxygen atoms in total. The van der Waals surface area contributed by atoms with Gasteiger partial charge in [0.25, 0.3) is 0 Å². The average molecular weight is 332 g/mol. The molecule has 0 saturated carbocycles. The van der Waals surface area contributed by atoms with Crippen molar-refractivity contribution >= 4 is 27.3 Å². The van der Waals surface area contributed by atoms with Crippen molar-refractivity contribution in [3.8, 4) is 0 Å². The maximum absolute atomic E-state index is 5.49. The molecule has 1 aliphatic rings. The van der Waals surface area contributed by atoms with Gasteiger partial charge in [-0.1, -0.05) is 22.0 Å². The zero-order valence-electron chi connectivity index (χ0n) is 11.0. The third-order valence-corrected chi connectivity index (χ3v) is 5.89. The summed E-state index contributed by atoms with van der Waals surface area (Å²) in [6, 6.07) is 4.37. The zero-order chi connectivity index (χ0) is 12.8. The number of nitrogens with zero attached hydrogens (tertiary/aromatic N) is 1. The summed E-state index contributed by atoms with van der Waals surface area (Å²) >= 11 is 5.57. The van der Waals surface area contributed by atoms with Gasteiger partial charge >= 0.3 is 0 Å². The first-order chi connectivity index (χ1) is 8.74. The number of rotatable bonds is 6. The minimum absolute atomic E-state index is 0.419. The quantitative estimate of drug-likeness (QED) is 0.740. The Labute approximate surface area is 122 Å². The fraction of sp³-hybridized carbons (Fsp3) is 0.714. The van der Waals surface area contributed by atoms with Crippen LogP contribution in [0.5, 0.6) is 0 Å². The molecule has 0 bridgehead atoms. The van der Waals surface area contributed by atoms with Crippen molar-refractivity contribution in [3.05, 3.63) is 22.4 Å². The number of thiophene rings is 1. The number of ether oxygens (including phenoxy) is 1. The molecule has 0 radical (unpaired) electrons. The Kier molecular flexibility index (Phi) is 5.67. The molecule has 18 heavy (non-hydrogen) atoms. The maximum Gasteiger partial charge on any atom is 0.0472 e. The maximum atomic E-state index is 5.49. The predicted molar refractivity (Wildman–Crippen MR) is 81.8 cm³/mol. The van der Waals surface area contributed by atoms with Crippen LogP contribution in [0.3, 0.4) is 0 Å². The molecule has 2 rings (SSSR count). The van der Waals surface area contributed by atoms with Crippen LogP contribution in [0.4, 0.5) is 0 Å². The van der Waals surface area contributed by atoms with Crippen LogP contribution in [0.25, 0.3) is 0 Å². The second kappa shape index (κ2) is 7.04. The lowest BCUT2D eigenvalue weighted by molar-refractivity contribution is 0.0122. The fourth-order valence-corrected chi connectivity index (χ4v) is 3.98. The Hall–Kier alpha value is 0.1000. The first-order valence-electron chi connectivity index (χ1n) is 6.59. The van der Waals surface area contributed by atoms with Gasteiger partial charge in [-0.3, -0.25) is 0 Å². The van der Waals surface area contributed by atoms with Gasteiger partial charge in [0, 0.05) is 36.5 Å². The van der Waals surface area contributed by atoms with E-state index in [1.807, 2.05) is 11.3 Å². The molecular formula is C14H22BrNOS. The number of alkyl halides is 1. The van der Waals surface area contributed by atoms with Crippen molar-refractivity contribution in [2.24, 2.45) is 5.41 Å². The zero-order valence-corrected chi connectivity index (χ0v) is 13.4. The molecular weight excluding hydrogens is 310 g/mol. The van der Waals surface area contributed by atoms with Gasteiger partial charge in [-0.2, -0.15) is 0 Å². The summed E-state index contributed by atoms with van der Waals surface area (Å²) in [6.07, 6.45) is 3.53. The van der Waals surface area contributed by atoms with Crippen LogP contribution in [0, 0.1) is 5.41 Å². The Morgan fingerprint density at radius 3 is 2.83 bits per heavy atom. The van der Waals surface area contributed by atoms with Crippen molar-refractivity contribution in [2.75, 3.05) is 38.7 Å². The topological polar surface area (TPSA) is 12.5 Å². The van der Waals surface area contributed by atoms with Crippen molar-refractivity contribution in [3.63, 3.8) is 0 Å². The largest absolute Gasteiger partial charge is 0.381 e. The van der Waals surface area contributed by atoms with E-state index in [-0.39, 0.29) is 0 Å². The summed E-state index contributed by atoms with van der Waals surface area (Å²) in [5, 5.41) is 3.25. The number of likely N-dealkylation sites (N-methyl/N-ethyl adjacent to an activating group) is 1. The summed E-state index contributed by atoms with van der Waals surface area (Å²) in [7, 11) is 2.24.